The van der Waals surface area contributed by atoms with E-state index in [9.17, 15) is 13.2 Å². The number of fused-ring (bicyclic) bond motifs is 1. The van der Waals surface area contributed by atoms with Crippen LogP contribution in [0.15, 0.2) is 54.6 Å². The molecule has 0 aliphatic rings. The van der Waals surface area contributed by atoms with Gasteiger partial charge in [-0.2, -0.15) is 13.2 Å². The second-order valence-corrected chi connectivity index (χ2v) is 5.92. The molecule has 0 bridgehead atoms. The smallest absolute Gasteiger partial charge is 0.241 e. The minimum Gasteiger partial charge on any atom is -0.241 e. The fourth-order valence-electron chi connectivity index (χ4n) is 2.10. The Bertz CT molecular complexity index is 804. The molecule has 22 heavy (non-hydrogen) atoms. The van der Waals surface area contributed by atoms with E-state index in [1.807, 2.05) is 42.5 Å². The predicted octanol–water partition coefficient (Wildman–Crippen LogP) is 5.57. The number of hydrogen-bond donors (Lipinski definition) is 0. The van der Waals surface area contributed by atoms with Crippen molar-refractivity contribution in [3.8, 4) is 0 Å². The molecular formula is C17H12F3NS. The summed E-state index contributed by atoms with van der Waals surface area (Å²) in [7, 11) is 0. The molecule has 0 amide bonds. The van der Waals surface area contributed by atoms with Gasteiger partial charge in [-0.25, -0.2) is 4.98 Å². The first-order valence-corrected chi connectivity index (χ1v) is 7.52. The normalized spacial score (nSPS) is 12.3. The predicted molar refractivity (Wildman–Crippen MR) is 83.8 cm³/mol. The molecule has 3 aromatic rings. The van der Waals surface area contributed by atoms with Crippen molar-refractivity contribution in [2.24, 2.45) is 0 Å². The highest BCUT2D eigenvalue weighted by Gasteiger charge is 2.30. The number of aromatic nitrogens is 1. The zero-order valence-electron chi connectivity index (χ0n) is 11.5. The number of thiazole rings is 1. The molecule has 0 saturated carbocycles. The van der Waals surface area contributed by atoms with E-state index in [0.717, 1.165) is 27.4 Å². The number of nitrogens with zero attached hydrogens (tertiary/aromatic N) is 1. The average Bonchev–Trinajstić information content (AvgIpc) is 2.89. The molecule has 0 spiro atoms. The number of halogens is 3. The SMILES string of the molecule is FC(F)(F)c1ccc2sc(C/C=C/c3ccccc3)nc2c1. The van der Waals surface area contributed by atoms with Crippen LogP contribution in [0, 0.1) is 0 Å². The van der Waals surface area contributed by atoms with Crippen molar-refractivity contribution in [1.29, 1.82) is 0 Å². The fraction of sp³-hybridized carbons (Fsp3) is 0.118. The maximum Gasteiger partial charge on any atom is 0.416 e. The standard InChI is InChI=1S/C17H12F3NS/c18-17(19,20)13-9-10-15-14(11-13)21-16(22-15)8-4-7-12-5-2-1-3-6-12/h1-7,9-11H,8H2/b7-4+. The van der Waals surface area contributed by atoms with E-state index in [-0.39, 0.29) is 0 Å². The maximum atomic E-state index is 12.7. The minimum atomic E-state index is -4.33. The highest BCUT2D eigenvalue weighted by Crippen LogP contribution is 2.32. The van der Waals surface area contributed by atoms with Gasteiger partial charge in [-0.05, 0) is 23.8 Å². The first-order chi connectivity index (χ1) is 10.5. The summed E-state index contributed by atoms with van der Waals surface area (Å²) in [4.78, 5) is 4.29. The quantitative estimate of drug-likeness (QED) is 0.615. The van der Waals surface area contributed by atoms with Crippen molar-refractivity contribution in [3.05, 3.63) is 70.7 Å². The highest BCUT2D eigenvalue weighted by molar-refractivity contribution is 7.18. The Morgan fingerprint density at radius 3 is 2.55 bits per heavy atom. The van der Waals surface area contributed by atoms with E-state index in [0.29, 0.717) is 11.9 Å². The lowest BCUT2D eigenvalue weighted by Gasteiger charge is -2.04. The van der Waals surface area contributed by atoms with Crippen LogP contribution in [0.4, 0.5) is 13.2 Å². The summed E-state index contributed by atoms with van der Waals surface area (Å²) < 4.78 is 38.8. The Labute approximate surface area is 129 Å². The van der Waals surface area contributed by atoms with Gasteiger partial charge in [0.25, 0.3) is 0 Å². The van der Waals surface area contributed by atoms with Gasteiger partial charge in [0.1, 0.15) is 0 Å². The molecule has 1 nitrogen and oxygen atoms in total. The molecule has 0 radical (unpaired) electrons. The summed E-state index contributed by atoms with van der Waals surface area (Å²) in [6, 6.07) is 13.5. The molecular weight excluding hydrogens is 307 g/mol. The van der Waals surface area contributed by atoms with Gasteiger partial charge in [0, 0.05) is 6.42 Å². The minimum absolute atomic E-state index is 0.405. The lowest BCUT2D eigenvalue weighted by molar-refractivity contribution is -0.137. The van der Waals surface area contributed by atoms with Gasteiger partial charge in [0.05, 0.1) is 20.8 Å². The maximum absolute atomic E-state index is 12.7. The van der Waals surface area contributed by atoms with Gasteiger partial charge in [-0.15, -0.1) is 11.3 Å². The second-order valence-electron chi connectivity index (χ2n) is 4.81. The zero-order valence-corrected chi connectivity index (χ0v) is 12.3. The highest BCUT2D eigenvalue weighted by atomic mass is 32.1. The van der Waals surface area contributed by atoms with Crippen LogP contribution in [0.2, 0.25) is 0 Å². The van der Waals surface area contributed by atoms with E-state index in [4.69, 9.17) is 0 Å². The van der Waals surface area contributed by atoms with Crippen LogP contribution in [0.5, 0.6) is 0 Å². The number of benzene rings is 2. The van der Waals surface area contributed by atoms with Crippen LogP contribution in [0.3, 0.4) is 0 Å². The van der Waals surface area contributed by atoms with E-state index in [2.05, 4.69) is 4.98 Å². The van der Waals surface area contributed by atoms with Crippen molar-refractivity contribution >= 4 is 27.6 Å². The third-order valence-corrected chi connectivity index (χ3v) is 4.22. The van der Waals surface area contributed by atoms with Gasteiger partial charge in [-0.1, -0.05) is 42.5 Å². The largest absolute Gasteiger partial charge is 0.416 e. The number of hydrogen-bond acceptors (Lipinski definition) is 2. The van der Waals surface area contributed by atoms with Crippen LogP contribution in [0.25, 0.3) is 16.3 Å². The molecule has 1 aromatic heterocycles. The van der Waals surface area contributed by atoms with Crippen molar-refractivity contribution in [2.45, 2.75) is 12.6 Å². The summed E-state index contributed by atoms with van der Waals surface area (Å²) in [6.45, 7) is 0. The van der Waals surface area contributed by atoms with E-state index in [1.54, 1.807) is 0 Å². The van der Waals surface area contributed by atoms with Gasteiger partial charge < -0.3 is 0 Å². The zero-order chi connectivity index (χ0) is 15.6. The van der Waals surface area contributed by atoms with Crippen molar-refractivity contribution in [1.82, 2.24) is 4.98 Å². The third-order valence-electron chi connectivity index (χ3n) is 3.16. The first-order valence-electron chi connectivity index (χ1n) is 6.70. The molecule has 0 unspecified atom stereocenters. The van der Waals surface area contributed by atoms with E-state index < -0.39 is 11.7 Å². The van der Waals surface area contributed by atoms with Gasteiger partial charge in [0.15, 0.2) is 0 Å². The van der Waals surface area contributed by atoms with Gasteiger partial charge >= 0.3 is 6.18 Å². The molecule has 3 rings (SSSR count). The Morgan fingerprint density at radius 1 is 1.05 bits per heavy atom. The molecule has 0 aliphatic heterocycles. The fourth-order valence-corrected chi connectivity index (χ4v) is 3.02. The molecule has 112 valence electrons. The van der Waals surface area contributed by atoms with Crippen LogP contribution in [-0.2, 0) is 12.6 Å². The van der Waals surface area contributed by atoms with Crippen molar-refractivity contribution in [2.75, 3.05) is 0 Å². The van der Waals surface area contributed by atoms with E-state index in [1.165, 1.54) is 17.4 Å². The molecule has 1 heterocycles. The van der Waals surface area contributed by atoms with Crippen LogP contribution in [-0.4, -0.2) is 4.98 Å². The lowest BCUT2D eigenvalue weighted by atomic mass is 10.2. The van der Waals surface area contributed by atoms with Crippen LogP contribution in [0.1, 0.15) is 16.1 Å². The summed E-state index contributed by atoms with van der Waals surface area (Å²) in [5.74, 6) is 0. The van der Waals surface area contributed by atoms with Crippen molar-refractivity contribution in [3.63, 3.8) is 0 Å². The summed E-state index contributed by atoms with van der Waals surface area (Å²) in [6.07, 6.45) is 0.228. The van der Waals surface area contributed by atoms with Gasteiger partial charge in [0.2, 0.25) is 0 Å². The van der Waals surface area contributed by atoms with E-state index >= 15 is 0 Å². The Balaban J connectivity index is 1.79. The van der Waals surface area contributed by atoms with Gasteiger partial charge in [-0.3, -0.25) is 0 Å². The molecule has 5 heteroatoms. The molecule has 2 aromatic carbocycles. The monoisotopic (exact) mass is 319 g/mol. The molecule has 0 N–H and O–H groups in total. The molecule has 0 atom stereocenters. The Kier molecular flexibility index (Phi) is 3.98. The Morgan fingerprint density at radius 2 is 1.82 bits per heavy atom. The average molecular weight is 319 g/mol. The van der Waals surface area contributed by atoms with Crippen molar-refractivity contribution < 1.29 is 13.2 Å². The lowest BCUT2D eigenvalue weighted by Crippen LogP contribution is -2.03. The molecule has 0 aliphatic carbocycles. The molecule has 0 fully saturated rings. The summed E-state index contributed by atoms with van der Waals surface area (Å²) in [5, 5.41) is 0.807. The van der Waals surface area contributed by atoms with Crippen LogP contribution >= 0.6 is 11.3 Å². The van der Waals surface area contributed by atoms with Crippen LogP contribution < -0.4 is 0 Å². The number of rotatable bonds is 3. The molecule has 0 saturated heterocycles. The number of allylic oxidation sites excluding steroid dienone is 1. The number of alkyl halides is 3. The Hall–Kier alpha value is -2.14. The first kappa shape index (κ1) is 14.8. The summed E-state index contributed by atoms with van der Waals surface area (Å²) in [5.41, 5.74) is 0.836. The second kappa shape index (κ2) is 5.93. The third kappa shape index (κ3) is 3.36. The topological polar surface area (TPSA) is 12.9 Å². The summed E-state index contributed by atoms with van der Waals surface area (Å²) >= 11 is 1.42.